The molecule has 9 heteroatoms. The number of anilines is 1. The normalized spacial score (nSPS) is 19.4. The van der Waals surface area contributed by atoms with Gasteiger partial charge < -0.3 is 10.2 Å². The van der Waals surface area contributed by atoms with E-state index in [-0.39, 0.29) is 5.91 Å². The van der Waals surface area contributed by atoms with Crippen LogP contribution in [0.4, 0.5) is 5.82 Å². The third-order valence-corrected chi connectivity index (χ3v) is 6.24. The first-order chi connectivity index (χ1) is 9.84. The van der Waals surface area contributed by atoms with Crippen molar-refractivity contribution in [3.05, 3.63) is 22.3 Å². The number of rotatable bonds is 3. The SMILES string of the molecule is CNc1ncc(Br)cc1C(=O)N1CCSCC1S(C)(=O)=O. The number of nitrogens with one attached hydrogen (secondary N) is 1. The number of hydrogen-bond acceptors (Lipinski definition) is 6. The van der Waals surface area contributed by atoms with Crippen molar-refractivity contribution < 1.29 is 13.2 Å². The summed E-state index contributed by atoms with van der Waals surface area (Å²) < 4.78 is 24.5. The molecule has 1 unspecified atom stereocenters. The van der Waals surface area contributed by atoms with Gasteiger partial charge in [-0.2, -0.15) is 11.8 Å². The van der Waals surface area contributed by atoms with Gasteiger partial charge >= 0.3 is 0 Å². The van der Waals surface area contributed by atoms with Gasteiger partial charge in [-0.15, -0.1) is 0 Å². The number of sulfone groups is 1. The summed E-state index contributed by atoms with van der Waals surface area (Å²) in [5.74, 6) is 1.26. The van der Waals surface area contributed by atoms with Crippen molar-refractivity contribution in [1.82, 2.24) is 9.88 Å². The number of halogens is 1. The molecule has 116 valence electrons. The summed E-state index contributed by atoms with van der Waals surface area (Å²) in [6.07, 6.45) is 2.75. The Morgan fingerprint density at radius 1 is 1.57 bits per heavy atom. The number of carbonyl (C=O) groups excluding carboxylic acids is 1. The standard InChI is InChI=1S/C12H16BrN3O3S2/c1-14-11-9(5-8(13)6-15-11)12(17)16-3-4-20-7-10(16)21(2,18)19/h5-6,10H,3-4,7H2,1-2H3,(H,14,15). The van der Waals surface area contributed by atoms with Gasteiger partial charge in [0, 0.05) is 42.0 Å². The largest absolute Gasteiger partial charge is 0.372 e. The fraction of sp³-hybridized carbons (Fsp3) is 0.500. The fourth-order valence-corrected chi connectivity index (χ4v) is 5.27. The molecule has 1 aliphatic rings. The minimum absolute atomic E-state index is 0.316. The lowest BCUT2D eigenvalue weighted by atomic mass is 10.2. The van der Waals surface area contributed by atoms with E-state index in [1.165, 1.54) is 11.2 Å². The van der Waals surface area contributed by atoms with Crippen molar-refractivity contribution >= 4 is 49.3 Å². The Hall–Kier alpha value is -0.800. The van der Waals surface area contributed by atoms with Gasteiger partial charge in [-0.05, 0) is 22.0 Å². The predicted molar refractivity (Wildman–Crippen MR) is 88.5 cm³/mol. The van der Waals surface area contributed by atoms with Gasteiger partial charge in [0.05, 0.1) is 5.56 Å². The average Bonchev–Trinajstić information content (AvgIpc) is 2.45. The van der Waals surface area contributed by atoms with Gasteiger partial charge in [-0.3, -0.25) is 4.79 Å². The van der Waals surface area contributed by atoms with E-state index in [0.29, 0.717) is 28.2 Å². The molecule has 1 atom stereocenters. The smallest absolute Gasteiger partial charge is 0.258 e. The minimum Gasteiger partial charge on any atom is -0.372 e. The zero-order valence-corrected chi connectivity index (χ0v) is 14.9. The maximum atomic E-state index is 12.7. The van der Waals surface area contributed by atoms with Gasteiger partial charge in [-0.25, -0.2) is 13.4 Å². The molecular weight excluding hydrogens is 378 g/mol. The average molecular weight is 394 g/mol. The first kappa shape index (κ1) is 16.6. The van der Waals surface area contributed by atoms with Crippen molar-refractivity contribution in [2.45, 2.75) is 5.37 Å². The van der Waals surface area contributed by atoms with Crippen LogP contribution in [0.2, 0.25) is 0 Å². The number of nitrogens with zero attached hydrogens (tertiary/aromatic N) is 2. The third-order valence-electron chi connectivity index (χ3n) is 3.16. The van der Waals surface area contributed by atoms with Crippen LogP contribution in [0.5, 0.6) is 0 Å². The molecule has 1 N–H and O–H groups in total. The molecule has 0 aromatic carbocycles. The lowest BCUT2D eigenvalue weighted by Crippen LogP contribution is -2.50. The molecule has 1 aromatic heterocycles. The molecule has 2 rings (SSSR count). The third kappa shape index (κ3) is 3.70. The number of amides is 1. The van der Waals surface area contributed by atoms with Crippen LogP contribution in [0.1, 0.15) is 10.4 Å². The van der Waals surface area contributed by atoms with E-state index >= 15 is 0 Å². The zero-order valence-electron chi connectivity index (χ0n) is 11.7. The molecule has 21 heavy (non-hydrogen) atoms. The maximum absolute atomic E-state index is 12.7. The van der Waals surface area contributed by atoms with Crippen molar-refractivity contribution in [2.24, 2.45) is 0 Å². The monoisotopic (exact) mass is 393 g/mol. The van der Waals surface area contributed by atoms with Gasteiger partial charge in [0.2, 0.25) is 0 Å². The van der Waals surface area contributed by atoms with Crippen LogP contribution in [-0.2, 0) is 9.84 Å². The molecular formula is C12H16BrN3O3S2. The topological polar surface area (TPSA) is 79.4 Å². The van der Waals surface area contributed by atoms with Gasteiger partial charge in [-0.1, -0.05) is 0 Å². The molecule has 0 aliphatic carbocycles. The van der Waals surface area contributed by atoms with Crippen LogP contribution in [-0.4, -0.2) is 60.9 Å². The zero-order chi connectivity index (χ0) is 15.6. The Kier molecular flexibility index (Phi) is 5.15. The Balaban J connectivity index is 2.40. The molecule has 1 aromatic rings. The van der Waals surface area contributed by atoms with E-state index in [2.05, 4.69) is 26.2 Å². The highest BCUT2D eigenvalue weighted by atomic mass is 79.9. The van der Waals surface area contributed by atoms with E-state index in [9.17, 15) is 13.2 Å². The highest BCUT2D eigenvalue weighted by Gasteiger charge is 2.35. The van der Waals surface area contributed by atoms with Crippen LogP contribution < -0.4 is 5.32 Å². The van der Waals surface area contributed by atoms with Crippen molar-refractivity contribution in [1.29, 1.82) is 0 Å². The van der Waals surface area contributed by atoms with Gasteiger partial charge in [0.1, 0.15) is 11.2 Å². The van der Waals surface area contributed by atoms with Crippen LogP contribution in [0, 0.1) is 0 Å². The molecule has 1 fully saturated rings. The lowest BCUT2D eigenvalue weighted by Gasteiger charge is -2.34. The number of carbonyl (C=O) groups is 1. The summed E-state index contributed by atoms with van der Waals surface area (Å²) in [7, 11) is -1.65. The van der Waals surface area contributed by atoms with Crippen molar-refractivity contribution in [3.63, 3.8) is 0 Å². The molecule has 6 nitrogen and oxygen atoms in total. The summed E-state index contributed by atoms with van der Waals surface area (Å²) in [6.45, 7) is 0.414. The van der Waals surface area contributed by atoms with Gasteiger partial charge in [0.25, 0.3) is 5.91 Å². The first-order valence-corrected chi connectivity index (χ1v) is 10.2. The number of hydrogen-bond donors (Lipinski definition) is 1. The number of thioether (sulfide) groups is 1. The molecule has 0 spiro atoms. The van der Waals surface area contributed by atoms with E-state index in [0.717, 1.165) is 5.75 Å². The van der Waals surface area contributed by atoms with Crippen LogP contribution in [0.25, 0.3) is 0 Å². The molecule has 1 amide bonds. The summed E-state index contributed by atoms with van der Waals surface area (Å²) in [5.41, 5.74) is 0.368. The summed E-state index contributed by atoms with van der Waals surface area (Å²) >= 11 is 4.83. The molecule has 0 bridgehead atoms. The predicted octanol–water partition coefficient (Wildman–Crippen LogP) is 1.45. The van der Waals surface area contributed by atoms with E-state index in [1.54, 1.807) is 31.1 Å². The fourth-order valence-electron chi connectivity index (χ4n) is 2.12. The second-order valence-electron chi connectivity index (χ2n) is 4.66. The lowest BCUT2D eigenvalue weighted by molar-refractivity contribution is 0.0750. The second-order valence-corrected chi connectivity index (χ2v) is 8.93. The Morgan fingerprint density at radius 3 is 2.90 bits per heavy atom. The Labute approximate surface area is 136 Å². The molecule has 2 heterocycles. The quantitative estimate of drug-likeness (QED) is 0.836. The summed E-state index contributed by atoms with van der Waals surface area (Å²) in [5, 5.41) is 2.08. The number of pyridine rings is 1. The summed E-state index contributed by atoms with van der Waals surface area (Å²) in [6, 6.07) is 1.66. The van der Waals surface area contributed by atoms with Crippen LogP contribution in [0.3, 0.4) is 0 Å². The van der Waals surface area contributed by atoms with Crippen LogP contribution >= 0.6 is 27.7 Å². The second kappa shape index (κ2) is 6.53. The molecule has 1 aliphatic heterocycles. The summed E-state index contributed by atoms with van der Waals surface area (Å²) in [4.78, 5) is 18.3. The van der Waals surface area contributed by atoms with Crippen LogP contribution in [0.15, 0.2) is 16.7 Å². The van der Waals surface area contributed by atoms with Crippen molar-refractivity contribution in [3.8, 4) is 0 Å². The van der Waals surface area contributed by atoms with E-state index < -0.39 is 15.2 Å². The van der Waals surface area contributed by atoms with Crippen molar-refractivity contribution in [2.75, 3.05) is 36.7 Å². The molecule has 1 saturated heterocycles. The Morgan fingerprint density at radius 2 is 2.29 bits per heavy atom. The maximum Gasteiger partial charge on any atom is 0.258 e. The van der Waals surface area contributed by atoms with E-state index in [4.69, 9.17) is 0 Å². The molecule has 0 saturated carbocycles. The van der Waals surface area contributed by atoms with E-state index in [1.807, 2.05) is 0 Å². The highest BCUT2D eigenvalue weighted by molar-refractivity contribution is 9.10. The molecule has 0 radical (unpaired) electrons. The Bertz CT molecular complexity index is 651. The highest BCUT2D eigenvalue weighted by Crippen LogP contribution is 2.25. The minimum atomic E-state index is -3.33. The number of aromatic nitrogens is 1. The first-order valence-electron chi connectivity index (χ1n) is 6.25. The van der Waals surface area contributed by atoms with Gasteiger partial charge in [0.15, 0.2) is 9.84 Å².